The van der Waals surface area contributed by atoms with Crippen molar-refractivity contribution in [3.63, 3.8) is 0 Å². The van der Waals surface area contributed by atoms with E-state index in [1.165, 1.54) is 0 Å². The first-order chi connectivity index (χ1) is 7.93. The van der Waals surface area contributed by atoms with E-state index in [9.17, 15) is 8.78 Å². The highest BCUT2D eigenvalue weighted by Crippen LogP contribution is 2.20. The molecular formula is C10H21F2N5. The average molecular weight is 249 g/mol. The summed E-state index contributed by atoms with van der Waals surface area (Å²) in [6.07, 6.45) is 2.41. The van der Waals surface area contributed by atoms with Crippen LogP contribution >= 0.6 is 0 Å². The third kappa shape index (κ3) is 5.27. The highest BCUT2D eigenvalue weighted by atomic mass is 19.3. The lowest BCUT2D eigenvalue weighted by molar-refractivity contribution is 0.00210. The van der Waals surface area contributed by atoms with Gasteiger partial charge in [0.1, 0.15) is 0 Å². The van der Waals surface area contributed by atoms with Crippen LogP contribution in [0.2, 0.25) is 0 Å². The Morgan fingerprint density at radius 1 is 1.35 bits per heavy atom. The van der Waals surface area contributed by atoms with Gasteiger partial charge in [-0.1, -0.05) is 0 Å². The molecule has 2 atom stereocenters. The third-order valence-electron chi connectivity index (χ3n) is 3.01. The van der Waals surface area contributed by atoms with E-state index in [2.05, 4.69) is 10.6 Å². The minimum absolute atomic E-state index is 0.0367. The molecule has 0 amide bonds. The van der Waals surface area contributed by atoms with Crippen molar-refractivity contribution in [1.82, 2.24) is 10.6 Å². The summed E-state index contributed by atoms with van der Waals surface area (Å²) in [5.41, 5.74) is 10.2. The quantitative estimate of drug-likeness (QED) is 0.337. The molecule has 5 nitrogen and oxygen atoms in total. The Morgan fingerprint density at radius 2 is 2.00 bits per heavy atom. The Kier molecular flexibility index (Phi) is 5.07. The van der Waals surface area contributed by atoms with Crippen LogP contribution in [0, 0.1) is 5.41 Å². The number of hydrogen-bond donors (Lipinski definition) is 5. The Labute approximate surface area is 99.8 Å². The van der Waals surface area contributed by atoms with Crippen LogP contribution in [0.1, 0.15) is 25.7 Å². The van der Waals surface area contributed by atoms with Crippen LogP contribution in [0.5, 0.6) is 0 Å². The Bertz CT molecular complexity index is 259. The van der Waals surface area contributed by atoms with E-state index in [1.54, 1.807) is 0 Å². The predicted octanol–water partition coefficient (Wildman–Crippen LogP) is -0.0357. The number of guanidine groups is 1. The van der Waals surface area contributed by atoms with Crippen molar-refractivity contribution in [3.8, 4) is 0 Å². The second kappa shape index (κ2) is 6.11. The average Bonchev–Trinajstić information content (AvgIpc) is 2.64. The molecule has 0 aromatic rings. The molecule has 0 radical (unpaired) electrons. The van der Waals surface area contributed by atoms with Gasteiger partial charge in [0, 0.05) is 25.0 Å². The van der Waals surface area contributed by atoms with Gasteiger partial charge in [-0.2, -0.15) is 0 Å². The largest absolute Gasteiger partial charge is 0.370 e. The zero-order valence-corrected chi connectivity index (χ0v) is 9.81. The second-order valence-electron chi connectivity index (χ2n) is 4.53. The molecule has 0 unspecified atom stereocenters. The summed E-state index contributed by atoms with van der Waals surface area (Å²) in [6.45, 7) is -0.338. The van der Waals surface area contributed by atoms with Gasteiger partial charge in [0.2, 0.25) is 0 Å². The summed E-state index contributed by atoms with van der Waals surface area (Å²) in [5, 5.41) is 13.0. The molecule has 1 saturated carbocycles. The van der Waals surface area contributed by atoms with E-state index in [-0.39, 0.29) is 31.0 Å². The lowest BCUT2D eigenvalue weighted by atomic mass is 10.2. The lowest BCUT2D eigenvalue weighted by Gasteiger charge is -2.17. The minimum atomic E-state index is -2.78. The number of hydrogen-bond acceptors (Lipinski definition) is 3. The van der Waals surface area contributed by atoms with Gasteiger partial charge in [-0.05, 0) is 19.3 Å². The maximum atomic E-state index is 12.9. The molecule has 0 aromatic carbocycles. The zero-order chi connectivity index (χ0) is 12.9. The normalized spacial score (nSPS) is 24.9. The van der Waals surface area contributed by atoms with Crippen molar-refractivity contribution in [2.45, 2.75) is 43.7 Å². The van der Waals surface area contributed by atoms with Crippen LogP contribution in [0.15, 0.2) is 0 Å². The van der Waals surface area contributed by atoms with Gasteiger partial charge in [-0.25, -0.2) is 8.78 Å². The van der Waals surface area contributed by atoms with Gasteiger partial charge in [0.25, 0.3) is 5.92 Å². The molecule has 0 aliphatic heterocycles. The molecular weight excluding hydrogens is 228 g/mol. The first-order valence-corrected chi connectivity index (χ1v) is 5.85. The monoisotopic (exact) mass is 249 g/mol. The summed E-state index contributed by atoms with van der Waals surface area (Å²) < 4.78 is 25.7. The van der Waals surface area contributed by atoms with Gasteiger partial charge in [-0.15, -0.1) is 0 Å². The highest BCUT2D eigenvalue weighted by molar-refractivity contribution is 5.74. The van der Waals surface area contributed by atoms with Crippen molar-refractivity contribution in [3.05, 3.63) is 0 Å². The number of nitrogens with two attached hydrogens (primary N) is 2. The molecule has 1 rings (SSSR count). The van der Waals surface area contributed by atoms with E-state index in [4.69, 9.17) is 16.9 Å². The standard InChI is InChI=1S/C10H21F2N5/c11-10(12,6-13)3-4-16-7-1-2-8(5-7)17-9(14)15/h7-8,16H,1-6,13H2,(H4,14,15,17)/t7-,8-/m0/s1. The summed E-state index contributed by atoms with van der Waals surface area (Å²) in [6, 6.07) is 0.403. The lowest BCUT2D eigenvalue weighted by Crippen LogP contribution is -2.39. The van der Waals surface area contributed by atoms with Crippen molar-refractivity contribution >= 4 is 5.96 Å². The second-order valence-corrected chi connectivity index (χ2v) is 4.53. The summed E-state index contributed by atoms with van der Waals surface area (Å²) in [5.74, 6) is -2.81. The van der Waals surface area contributed by atoms with Crippen LogP contribution in [0.25, 0.3) is 0 Å². The topological polar surface area (TPSA) is 100.0 Å². The minimum Gasteiger partial charge on any atom is -0.370 e. The SMILES string of the molecule is N=C(N)N[C@H]1CC[C@H](NCCC(F)(F)CN)C1. The first kappa shape index (κ1) is 14.1. The third-order valence-corrected chi connectivity index (χ3v) is 3.01. The number of halogens is 2. The summed E-state index contributed by atoms with van der Waals surface area (Å²) >= 11 is 0. The van der Waals surface area contributed by atoms with Gasteiger partial charge in [0.15, 0.2) is 5.96 Å². The summed E-state index contributed by atoms with van der Waals surface area (Å²) in [7, 11) is 0. The molecule has 0 bridgehead atoms. The Morgan fingerprint density at radius 3 is 2.59 bits per heavy atom. The van der Waals surface area contributed by atoms with Gasteiger partial charge in [0.05, 0.1) is 6.54 Å². The van der Waals surface area contributed by atoms with Gasteiger partial charge < -0.3 is 22.1 Å². The number of nitrogens with one attached hydrogen (secondary N) is 3. The van der Waals surface area contributed by atoms with Crippen LogP contribution in [0.4, 0.5) is 8.78 Å². The molecule has 100 valence electrons. The van der Waals surface area contributed by atoms with Crippen molar-refractivity contribution < 1.29 is 8.78 Å². The van der Waals surface area contributed by atoms with E-state index in [1.807, 2.05) is 0 Å². The fourth-order valence-corrected chi connectivity index (χ4v) is 2.08. The van der Waals surface area contributed by atoms with Crippen molar-refractivity contribution in [1.29, 1.82) is 5.41 Å². The Balaban J connectivity index is 2.16. The molecule has 1 aliphatic carbocycles. The predicted molar refractivity (Wildman–Crippen MR) is 63.1 cm³/mol. The molecule has 17 heavy (non-hydrogen) atoms. The maximum Gasteiger partial charge on any atom is 0.261 e. The fraction of sp³-hybridized carbons (Fsp3) is 0.900. The van der Waals surface area contributed by atoms with E-state index in [0.29, 0.717) is 0 Å². The molecule has 7 N–H and O–H groups in total. The fourth-order valence-electron chi connectivity index (χ4n) is 2.08. The van der Waals surface area contributed by atoms with Crippen LogP contribution in [-0.2, 0) is 0 Å². The van der Waals surface area contributed by atoms with E-state index in [0.717, 1.165) is 19.3 Å². The van der Waals surface area contributed by atoms with E-state index >= 15 is 0 Å². The Hall–Kier alpha value is -0.950. The van der Waals surface area contributed by atoms with Crippen LogP contribution in [0.3, 0.4) is 0 Å². The van der Waals surface area contributed by atoms with Crippen molar-refractivity contribution in [2.24, 2.45) is 11.5 Å². The van der Waals surface area contributed by atoms with Crippen LogP contribution in [-0.4, -0.2) is 37.1 Å². The van der Waals surface area contributed by atoms with Crippen molar-refractivity contribution in [2.75, 3.05) is 13.1 Å². The summed E-state index contributed by atoms with van der Waals surface area (Å²) in [4.78, 5) is 0. The molecule has 0 saturated heterocycles. The maximum absolute atomic E-state index is 12.9. The molecule has 0 aromatic heterocycles. The van der Waals surface area contributed by atoms with Crippen LogP contribution < -0.4 is 22.1 Å². The molecule has 7 heteroatoms. The smallest absolute Gasteiger partial charge is 0.261 e. The van der Waals surface area contributed by atoms with Gasteiger partial charge in [-0.3, -0.25) is 5.41 Å². The number of rotatable bonds is 6. The zero-order valence-electron chi connectivity index (χ0n) is 9.81. The molecule has 0 heterocycles. The molecule has 1 aliphatic rings. The first-order valence-electron chi connectivity index (χ1n) is 5.85. The highest BCUT2D eigenvalue weighted by Gasteiger charge is 2.28. The molecule has 0 spiro atoms. The van der Waals surface area contributed by atoms with Gasteiger partial charge >= 0.3 is 0 Å². The van der Waals surface area contributed by atoms with E-state index < -0.39 is 12.5 Å². The number of alkyl halides is 2. The molecule has 1 fully saturated rings.